The molecule has 1 aliphatic carbocycles. The van der Waals surface area contributed by atoms with E-state index in [0.717, 1.165) is 24.0 Å². The smallest absolute Gasteiger partial charge is 0.258 e. The Hall–Kier alpha value is -2.04. The molecule has 0 bridgehead atoms. The molecule has 2 aromatic carbocycles. The van der Waals surface area contributed by atoms with Crippen molar-refractivity contribution < 1.29 is 9.53 Å². The van der Waals surface area contributed by atoms with Gasteiger partial charge >= 0.3 is 0 Å². The fourth-order valence-electron chi connectivity index (χ4n) is 2.69. The van der Waals surface area contributed by atoms with Crippen molar-refractivity contribution in [2.75, 3.05) is 13.2 Å². The predicted molar refractivity (Wildman–Crippen MR) is 96.1 cm³/mol. The lowest BCUT2D eigenvalue weighted by Gasteiger charge is -2.16. The number of halogens is 1. The van der Waals surface area contributed by atoms with Gasteiger partial charge in [0.1, 0.15) is 5.75 Å². The van der Waals surface area contributed by atoms with Gasteiger partial charge in [-0.2, -0.15) is 0 Å². The minimum Gasteiger partial charge on any atom is -0.482 e. The molecule has 5 heteroatoms. The molecule has 0 radical (unpaired) electrons. The molecule has 1 fully saturated rings. The lowest BCUT2D eigenvalue weighted by molar-refractivity contribution is -0.123. The van der Waals surface area contributed by atoms with E-state index < -0.39 is 0 Å². The van der Waals surface area contributed by atoms with Gasteiger partial charge in [-0.1, -0.05) is 48.0 Å². The molecule has 0 heterocycles. The van der Waals surface area contributed by atoms with Gasteiger partial charge in [0.25, 0.3) is 5.91 Å². The molecule has 0 spiro atoms. The average Bonchev–Trinajstić information content (AvgIpc) is 3.44. The summed E-state index contributed by atoms with van der Waals surface area (Å²) in [5.41, 5.74) is 7.78. The SMILES string of the molecule is NCC(NC(=O)COc1ccc(-c2ccccc2)cc1Cl)C1CC1. The molecule has 1 unspecified atom stereocenters. The van der Waals surface area contributed by atoms with E-state index >= 15 is 0 Å². The third kappa shape index (κ3) is 4.28. The van der Waals surface area contributed by atoms with E-state index in [1.54, 1.807) is 6.07 Å². The van der Waals surface area contributed by atoms with Crippen LogP contribution in [0.25, 0.3) is 11.1 Å². The summed E-state index contributed by atoms with van der Waals surface area (Å²) >= 11 is 6.28. The molecule has 24 heavy (non-hydrogen) atoms. The van der Waals surface area contributed by atoms with Crippen molar-refractivity contribution in [1.82, 2.24) is 5.32 Å². The van der Waals surface area contributed by atoms with Crippen LogP contribution < -0.4 is 15.8 Å². The van der Waals surface area contributed by atoms with Gasteiger partial charge in [-0.3, -0.25) is 4.79 Å². The van der Waals surface area contributed by atoms with Crippen molar-refractivity contribution >= 4 is 17.5 Å². The molecule has 1 amide bonds. The molecule has 0 saturated heterocycles. The Morgan fingerprint density at radius 2 is 1.96 bits per heavy atom. The van der Waals surface area contributed by atoms with Crippen LogP contribution in [0.3, 0.4) is 0 Å². The van der Waals surface area contributed by atoms with Crippen molar-refractivity contribution in [3.8, 4) is 16.9 Å². The first-order valence-corrected chi connectivity index (χ1v) is 8.52. The van der Waals surface area contributed by atoms with Crippen LogP contribution in [-0.4, -0.2) is 25.1 Å². The van der Waals surface area contributed by atoms with Crippen LogP contribution in [0, 0.1) is 5.92 Å². The van der Waals surface area contributed by atoms with Gasteiger partial charge in [0, 0.05) is 12.6 Å². The van der Waals surface area contributed by atoms with Crippen molar-refractivity contribution in [1.29, 1.82) is 0 Å². The van der Waals surface area contributed by atoms with Crippen molar-refractivity contribution in [2.45, 2.75) is 18.9 Å². The zero-order chi connectivity index (χ0) is 16.9. The normalized spacial score (nSPS) is 14.9. The Morgan fingerprint density at radius 3 is 2.58 bits per heavy atom. The zero-order valence-corrected chi connectivity index (χ0v) is 14.1. The van der Waals surface area contributed by atoms with Gasteiger partial charge in [-0.25, -0.2) is 0 Å². The Labute approximate surface area is 147 Å². The first-order valence-electron chi connectivity index (χ1n) is 8.14. The molecule has 3 rings (SSSR count). The number of benzene rings is 2. The first kappa shape index (κ1) is 16.8. The lowest BCUT2D eigenvalue weighted by atomic mass is 10.1. The van der Waals surface area contributed by atoms with E-state index in [2.05, 4.69) is 5.32 Å². The molecule has 0 aliphatic heterocycles. The molecule has 126 valence electrons. The largest absolute Gasteiger partial charge is 0.482 e. The maximum atomic E-state index is 12.0. The lowest BCUT2D eigenvalue weighted by Crippen LogP contribution is -2.43. The summed E-state index contributed by atoms with van der Waals surface area (Å²) in [5, 5.41) is 3.41. The number of amides is 1. The molecule has 2 aromatic rings. The summed E-state index contributed by atoms with van der Waals surface area (Å²) in [6.07, 6.45) is 2.27. The topological polar surface area (TPSA) is 64.3 Å². The van der Waals surface area contributed by atoms with Gasteiger partial charge < -0.3 is 15.8 Å². The average molecular weight is 345 g/mol. The minimum atomic E-state index is -0.166. The van der Waals surface area contributed by atoms with Gasteiger partial charge in [-0.15, -0.1) is 0 Å². The van der Waals surface area contributed by atoms with Crippen LogP contribution in [0.1, 0.15) is 12.8 Å². The minimum absolute atomic E-state index is 0.0528. The monoisotopic (exact) mass is 344 g/mol. The third-order valence-corrected chi connectivity index (χ3v) is 4.48. The highest BCUT2D eigenvalue weighted by Gasteiger charge is 2.31. The summed E-state index contributed by atoms with van der Waals surface area (Å²) in [4.78, 5) is 12.0. The molecule has 0 aromatic heterocycles. The fourth-order valence-corrected chi connectivity index (χ4v) is 2.92. The summed E-state index contributed by atoms with van der Waals surface area (Å²) in [6, 6.07) is 15.6. The van der Waals surface area contributed by atoms with E-state index in [9.17, 15) is 4.79 Å². The highest BCUT2D eigenvalue weighted by molar-refractivity contribution is 6.32. The van der Waals surface area contributed by atoms with E-state index in [1.165, 1.54) is 0 Å². The Bertz CT molecular complexity index is 702. The van der Waals surface area contributed by atoms with E-state index in [-0.39, 0.29) is 18.6 Å². The molecular formula is C19H21ClN2O2. The second-order valence-corrected chi connectivity index (χ2v) is 6.45. The molecule has 1 saturated carbocycles. The quantitative estimate of drug-likeness (QED) is 0.810. The van der Waals surface area contributed by atoms with Gasteiger partial charge in [0.2, 0.25) is 0 Å². The number of hydrogen-bond acceptors (Lipinski definition) is 3. The highest BCUT2D eigenvalue weighted by Crippen LogP contribution is 2.32. The molecule has 4 nitrogen and oxygen atoms in total. The maximum absolute atomic E-state index is 12.0. The van der Waals surface area contributed by atoms with Gasteiger partial charge in [-0.05, 0) is 42.0 Å². The van der Waals surface area contributed by atoms with Crippen LogP contribution in [0.4, 0.5) is 0 Å². The fraction of sp³-hybridized carbons (Fsp3) is 0.316. The van der Waals surface area contributed by atoms with E-state index in [0.29, 0.717) is 23.2 Å². The van der Waals surface area contributed by atoms with Crippen LogP contribution >= 0.6 is 11.6 Å². The number of nitrogens with one attached hydrogen (secondary N) is 1. The van der Waals surface area contributed by atoms with Crippen LogP contribution in [0.15, 0.2) is 48.5 Å². The standard InChI is InChI=1S/C19H21ClN2O2/c20-16-10-15(13-4-2-1-3-5-13)8-9-18(16)24-12-19(23)22-17(11-21)14-6-7-14/h1-5,8-10,14,17H,6-7,11-12,21H2,(H,22,23). The number of rotatable bonds is 7. The summed E-state index contributed by atoms with van der Waals surface area (Å²) in [6.45, 7) is 0.399. The van der Waals surface area contributed by atoms with Crippen molar-refractivity contribution in [2.24, 2.45) is 11.7 Å². The first-order chi connectivity index (χ1) is 11.7. The van der Waals surface area contributed by atoms with Gasteiger partial charge in [0.15, 0.2) is 6.61 Å². The molecular weight excluding hydrogens is 324 g/mol. The van der Waals surface area contributed by atoms with Gasteiger partial charge in [0.05, 0.1) is 5.02 Å². The number of nitrogens with two attached hydrogens (primary N) is 1. The Kier molecular flexibility index (Phi) is 5.38. The number of carbonyl (C=O) groups is 1. The molecule has 3 N–H and O–H groups in total. The van der Waals surface area contributed by atoms with Crippen LogP contribution in [-0.2, 0) is 4.79 Å². The zero-order valence-electron chi connectivity index (χ0n) is 13.4. The number of hydrogen-bond donors (Lipinski definition) is 2. The third-order valence-electron chi connectivity index (χ3n) is 4.19. The van der Waals surface area contributed by atoms with E-state index in [4.69, 9.17) is 22.1 Å². The Balaban J connectivity index is 1.58. The summed E-state index contributed by atoms with van der Waals surface area (Å²) < 4.78 is 5.55. The predicted octanol–water partition coefficient (Wildman–Crippen LogP) is 3.24. The summed E-state index contributed by atoms with van der Waals surface area (Å²) in [5.74, 6) is 0.857. The maximum Gasteiger partial charge on any atom is 0.258 e. The number of ether oxygens (including phenoxy) is 1. The highest BCUT2D eigenvalue weighted by atomic mass is 35.5. The molecule has 1 aliphatic rings. The van der Waals surface area contributed by atoms with E-state index in [1.807, 2.05) is 42.5 Å². The Morgan fingerprint density at radius 1 is 1.21 bits per heavy atom. The molecule has 1 atom stereocenters. The second kappa shape index (κ2) is 7.69. The number of carbonyl (C=O) groups excluding carboxylic acids is 1. The van der Waals surface area contributed by atoms with Crippen molar-refractivity contribution in [3.63, 3.8) is 0 Å². The summed E-state index contributed by atoms with van der Waals surface area (Å²) in [7, 11) is 0. The van der Waals surface area contributed by atoms with Crippen LogP contribution in [0.2, 0.25) is 5.02 Å². The van der Waals surface area contributed by atoms with Crippen LogP contribution in [0.5, 0.6) is 5.75 Å². The van der Waals surface area contributed by atoms with Crippen molar-refractivity contribution in [3.05, 3.63) is 53.6 Å². The second-order valence-electron chi connectivity index (χ2n) is 6.05.